The molecule has 0 aromatic heterocycles. The van der Waals surface area contributed by atoms with E-state index in [0.717, 1.165) is 23.7 Å². The van der Waals surface area contributed by atoms with Gasteiger partial charge in [0.15, 0.2) is 0 Å². The van der Waals surface area contributed by atoms with Gasteiger partial charge >= 0.3 is 0 Å². The van der Waals surface area contributed by atoms with Crippen LogP contribution in [-0.4, -0.2) is 11.2 Å². The molecule has 0 saturated heterocycles. The lowest BCUT2D eigenvalue weighted by Gasteiger charge is -2.56. The first-order valence-electron chi connectivity index (χ1n) is 12.7. The van der Waals surface area contributed by atoms with E-state index in [2.05, 4.69) is 59.8 Å². The van der Waals surface area contributed by atoms with Gasteiger partial charge in [-0.3, -0.25) is 0 Å². The van der Waals surface area contributed by atoms with E-state index in [1.165, 1.54) is 44.9 Å². The highest BCUT2D eigenvalue weighted by atomic mass is 16.3. The largest absolute Gasteiger partial charge is 0.388 e. The van der Waals surface area contributed by atoms with Crippen molar-refractivity contribution in [2.75, 3.05) is 0 Å². The molecular weight excluding hydrogens is 352 g/mol. The van der Waals surface area contributed by atoms with Crippen molar-refractivity contribution in [2.45, 2.75) is 92.6 Å². The third-order valence-corrected chi connectivity index (χ3v) is 11.5. The molecular formula is C28H44O. The van der Waals surface area contributed by atoms with Crippen LogP contribution in [0.25, 0.3) is 0 Å². The first kappa shape index (κ1) is 20.3. The van der Waals surface area contributed by atoms with Crippen molar-refractivity contribution >= 4 is 0 Å². The second kappa shape index (κ2) is 6.47. The zero-order chi connectivity index (χ0) is 20.8. The van der Waals surface area contributed by atoms with Crippen LogP contribution >= 0.6 is 0 Å². The average Bonchev–Trinajstić information content (AvgIpc) is 3.20. The van der Waals surface area contributed by atoms with Crippen molar-refractivity contribution in [3.63, 3.8) is 0 Å². The van der Waals surface area contributed by atoms with Gasteiger partial charge in [-0.15, -0.1) is 0 Å². The number of hydrogen-bond acceptors (Lipinski definition) is 1. The predicted octanol–water partition coefficient (Wildman–Crippen LogP) is 7.02. The van der Waals surface area contributed by atoms with Crippen LogP contribution < -0.4 is 0 Å². The molecule has 0 heterocycles. The Morgan fingerprint density at radius 1 is 0.966 bits per heavy atom. The molecule has 162 valence electrons. The van der Waals surface area contributed by atoms with Crippen LogP contribution in [0.4, 0.5) is 0 Å². The summed E-state index contributed by atoms with van der Waals surface area (Å²) < 4.78 is 0. The fraction of sp³-hybridized carbons (Fsp3) is 0.857. The number of hydrogen-bond donors (Lipinski definition) is 1. The van der Waals surface area contributed by atoms with E-state index in [1.54, 1.807) is 5.57 Å². The summed E-state index contributed by atoms with van der Waals surface area (Å²) in [5, 5.41) is 11.3. The second-order valence-corrected chi connectivity index (χ2v) is 12.7. The smallest absolute Gasteiger partial charge is 0.0788 e. The Balaban J connectivity index is 1.41. The molecule has 0 radical (unpaired) electrons. The topological polar surface area (TPSA) is 20.2 Å². The van der Waals surface area contributed by atoms with Gasteiger partial charge in [0.25, 0.3) is 0 Å². The van der Waals surface area contributed by atoms with E-state index in [9.17, 15) is 5.11 Å². The van der Waals surface area contributed by atoms with E-state index in [-0.39, 0.29) is 11.5 Å². The van der Waals surface area contributed by atoms with Gasteiger partial charge in [0.1, 0.15) is 0 Å². The normalized spacial score (nSPS) is 52.6. The summed E-state index contributed by atoms with van der Waals surface area (Å²) in [6.45, 7) is 14.7. The molecule has 0 aliphatic heterocycles. The van der Waals surface area contributed by atoms with Crippen LogP contribution in [-0.2, 0) is 0 Å². The Kier molecular flexibility index (Phi) is 4.54. The molecule has 0 amide bonds. The third kappa shape index (κ3) is 2.55. The summed E-state index contributed by atoms with van der Waals surface area (Å²) in [7, 11) is 0. The SMILES string of the molecule is CC(C)[C@@H](C)C=C[C@@H](C)[C@H]1CC[C@H]2C3=C[C@@H](O)[C@]45C[C@H]4CC[C@]5(C)[C@H]3CC[C@]12C. The summed E-state index contributed by atoms with van der Waals surface area (Å²) >= 11 is 0. The van der Waals surface area contributed by atoms with Crippen LogP contribution in [0.15, 0.2) is 23.8 Å². The molecule has 0 aromatic rings. The lowest BCUT2D eigenvalue weighted by Crippen LogP contribution is -2.51. The Morgan fingerprint density at radius 3 is 2.41 bits per heavy atom. The van der Waals surface area contributed by atoms with Gasteiger partial charge in [0.05, 0.1) is 6.10 Å². The minimum atomic E-state index is -0.170. The van der Waals surface area contributed by atoms with Gasteiger partial charge < -0.3 is 5.11 Å². The number of fused-ring (bicyclic) bond motifs is 4. The van der Waals surface area contributed by atoms with Crippen LogP contribution in [0.2, 0.25) is 0 Å². The summed E-state index contributed by atoms with van der Waals surface area (Å²) in [5.74, 6) is 5.13. The third-order valence-electron chi connectivity index (χ3n) is 11.5. The summed E-state index contributed by atoms with van der Waals surface area (Å²) in [6, 6.07) is 0. The minimum absolute atomic E-state index is 0.170. The van der Waals surface area contributed by atoms with E-state index in [4.69, 9.17) is 0 Å². The first-order valence-corrected chi connectivity index (χ1v) is 12.7. The molecule has 5 aliphatic carbocycles. The average molecular weight is 397 g/mol. The van der Waals surface area contributed by atoms with Crippen molar-refractivity contribution in [3.05, 3.63) is 23.8 Å². The van der Waals surface area contributed by atoms with Crippen LogP contribution in [0.3, 0.4) is 0 Å². The first-order chi connectivity index (χ1) is 13.6. The van der Waals surface area contributed by atoms with Crippen LogP contribution in [0.1, 0.15) is 86.5 Å². The number of aliphatic hydroxyl groups is 1. The van der Waals surface area contributed by atoms with Crippen molar-refractivity contribution in [3.8, 4) is 0 Å². The Morgan fingerprint density at radius 2 is 1.72 bits per heavy atom. The zero-order valence-corrected chi connectivity index (χ0v) is 19.7. The molecule has 0 bridgehead atoms. The Labute approximate surface area is 179 Å². The quantitative estimate of drug-likeness (QED) is 0.506. The zero-order valence-electron chi connectivity index (χ0n) is 19.7. The number of aliphatic hydroxyl groups excluding tert-OH is 1. The maximum absolute atomic E-state index is 11.3. The van der Waals surface area contributed by atoms with Gasteiger partial charge in [-0.05, 0) is 97.2 Å². The Bertz CT molecular complexity index is 733. The molecule has 10 atom stereocenters. The van der Waals surface area contributed by atoms with Crippen molar-refractivity contribution in [1.29, 1.82) is 0 Å². The Hall–Kier alpha value is -0.560. The highest BCUT2D eigenvalue weighted by Gasteiger charge is 2.75. The minimum Gasteiger partial charge on any atom is -0.388 e. The van der Waals surface area contributed by atoms with Gasteiger partial charge in [0.2, 0.25) is 0 Å². The van der Waals surface area contributed by atoms with Crippen LogP contribution in [0.5, 0.6) is 0 Å². The molecule has 0 aromatic carbocycles. The maximum Gasteiger partial charge on any atom is 0.0788 e. The number of allylic oxidation sites excluding steroid dienone is 3. The number of rotatable bonds is 4. The molecule has 1 nitrogen and oxygen atoms in total. The monoisotopic (exact) mass is 396 g/mol. The maximum atomic E-state index is 11.3. The van der Waals surface area contributed by atoms with Crippen molar-refractivity contribution in [1.82, 2.24) is 0 Å². The molecule has 29 heavy (non-hydrogen) atoms. The summed E-state index contributed by atoms with van der Waals surface area (Å²) in [5.41, 5.74) is 2.76. The standard InChI is InChI=1S/C28H44O/c1-17(2)18(3)7-8-19(4)22-9-10-23-21-15-25(29)28-16-20(28)11-14-27(28,6)24(21)12-13-26(22,23)5/h7-8,15,17-20,22-25,29H,9-14,16H2,1-6H3/t18-,19+,20+,22+,23-,24-,25+,26+,27+,28-/m0/s1. The molecule has 4 fully saturated rings. The molecule has 1 N–H and O–H groups in total. The lowest BCUT2D eigenvalue weighted by atomic mass is 9.49. The van der Waals surface area contributed by atoms with Gasteiger partial charge in [-0.2, -0.15) is 0 Å². The van der Waals surface area contributed by atoms with E-state index in [1.807, 2.05) is 0 Å². The summed E-state index contributed by atoms with van der Waals surface area (Å²) in [6.07, 6.45) is 16.8. The van der Waals surface area contributed by atoms with E-state index < -0.39 is 0 Å². The molecule has 1 heteroatoms. The molecule has 0 unspecified atom stereocenters. The van der Waals surface area contributed by atoms with Crippen molar-refractivity contribution in [2.24, 2.45) is 57.7 Å². The highest BCUT2D eigenvalue weighted by Crippen LogP contribution is 2.80. The van der Waals surface area contributed by atoms with Crippen LogP contribution in [0, 0.1) is 57.7 Å². The lowest BCUT2D eigenvalue weighted by molar-refractivity contribution is -0.0367. The van der Waals surface area contributed by atoms with Gasteiger partial charge in [-0.25, -0.2) is 0 Å². The molecule has 4 saturated carbocycles. The second-order valence-electron chi connectivity index (χ2n) is 12.7. The molecule has 1 spiro atoms. The van der Waals surface area contributed by atoms with Gasteiger partial charge in [-0.1, -0.05) is 65.3 Å². The molecule has 5 aliphatic rings. The summed E-state index contributed by atoms with van der Waals surface area (Å²) in [4.78, 5) is 0. The fourth-order valence-corrected chi connectivity index (χ4v) is 9.17. The van der Waals surface area contributed by atoms with E-state index >= 15 is 0 Å². The fourth-order valence-electron chi connectivity index (χ4n) is 9.17. The van der Waals surface area contributed by atoms with Crippen molar-refractivity contribution < 1.29 is 5.11 Å². The van der Waals surface area contributed by atoms with Gasteiger partial charge in [0, 0.05) is 5.41 Å². The molecule has 5 rings (SSSR count). The predicted molar refractivity (Wildman–Crippen MR) is 121 cm³/mol. The van der Waals surface area contributed by atoms with E-state index in [0.29, 0.717) is 28.6 Å². The highest BCUT2D eigenvalue weighted by molar-refractivity contribution is 5.37.